The van der Waals surface area contributed by atoms with Gasteiger partial charge in [0.05, 0.1) is 29.1 Å². The lowest BCUT2D eigenvalue weighted by atomic mass is 10.2. The number of methoxy groups -OCH3 is 1. The highest BCUT2D eigenvalue weighted by Gasteiger charge is 2.15. The quantitative estimate of drug-likeness (QED) is 0.871. The van der Waals surface area contributed by atoms with E-state index in [1.54, 1.807) is 31.0 Å². The molecule has 2 aromatic rings. The van der Waals surface area contributed by atoms with Crippen LogP contribution in [-0.4, -0.2) is 23.5 Å². The Labute approximate surface area is 114 Å². The summed E-state index contributed by atoms with van der Waals surface area (Å²) in [5.41, 5.74) is 6.80. The van der Waals surface area contributed by atoms with Gasteiger partial charge in [0.15, 0.2) is 5.82 Å². The molecule has 0 aliphatic heterocycles. The van der Waals surface area contributed by atoms with Crippen molar-refractivity contribution < 1.29 is 9.26 Å². The van der Waals surface area contributed by atoms with E-state index in [0.29, 0.717) is 39.5 Å². The average molecular weight is 286 g/mol. The molecule has 0 aliphatic carbocycles. The number of benzene rings is 1. The van der Waals surface area contributed by atoms with Gasteiger partial charge in [0.2, 0.25) is 0 Å². The van der Waals surface area contributed by atoms with E-state index in [1.165, 1.54) is 0 Å². The van der Waals surface area contributed by atoms with E-state index in [1.807, 2.05) is 6.26 Å². The molecule has 2 N–H and O–H groups in total. The summed E-state index contributed by atoms with van der Waals surface area (Å²) in [5.74, 6) is 2.25. The summed E-state index contributed by atoms with van der Waals surface area (Å²) < 4.78 is 10.4. The first kappa shape index (κ1) is 13.0. The molecule has 0 saturated heterocycles. The third-order valence-corrected chi connectivity index (χ3v) is 3.16. The molecule has 0 spiro atoms. The molecule has 5 nitrogen and oxygen atoms in total. The number of rotatable bonds is 4. The molecule has 0 radical (unpaired) electrons. The Hall–Kier alpha value is -1.40. The van der Waals surface area contributed by atoms with E-state index in [9.17, 15) is 0 Å². The second-order valence-electron chi connectivity index (χ2n) is 3.52. The summed E-state index contributed by atoms with van der Waals surface area (Å²) in [6.45, 7) is 0. The fourth-order valence-electron chi connectivity index (χ4n) is 1.46. The van der Waals surface area contributed by atoms with Gasteiger partial charge in [-0.3, -0.25) is 0 Å². The lowest BCUT2D eigenvalue weighted by molar-refractivity contribution is 0.404. The predicted molar refractivity (Wildman–Crippen MR) is 72.9 cm³/mol. The van der Waals surface area contributed by atoms with Crippen LogP contribution in [0.1, 0.15) is 5.82 Å². The van der Waals surface area contributed by atoms with Gasteiger partial charge >= 0.3 is 0 Å². The smallest absolute Gasteiger partial charge is 0.261 e. The first-order valence-electron chi connectivity index (χ1n) is 5.10. The monoisotopic (exact) mass is 285 g/mol. The van der Waals surface area contributed by atoms with E-state index in [4.69, 9.17) is 26.6 Å². The Balaban J connectivity index is 2.45. The molecule has 0 fully saturated rings. The molecule has 0 saturated carbocycles. The number of nitrogens with two attached hydrogens (primary N) is 1. The van der Waals surface area contributed by atoms with Gasteiger partial charge in [-0.15, -0.1) is 0 Å². The Morgan fingerprint density at radius 1 is 1.50 bits per heavy atom. The molecule has 2 rings (SSSR count). The second-order valence-corrected chi connectivity index (χ2v) is 4.80. The van der Waals surface area contributed by atoms with Gasteiger partial charge in [-0.25, -0.2) is 0 Å². The maximum atomic E-state index is 5.99. The summed E-state index contributed by atoms with van der Waals surface area (Å²) in [6.07, 6.45) is 1.97. The van der Waals surface area contributed by atoms with Crippen molar-refractivity contribution in [1.29, 1.82) is 0 Å². The van der Waals surface area contributed by atoms with Crippen LogP contribution in [0, 0.1) is 0 Å². The molecular formula is C11H12ClN3O2S. The van der Waals surface area contributed by atoms with Crippen molar-refractivity contribution >= 4 is 29.1 Å². The second kappa shape index (κ2) is 5.49. The standard InChI is InChI=1S/C11H12ClN3O2S/c1-16-9-4-8(13)7(12)3-6(9)11-14-10(5-18-2)15-17-11/h3-4H,5,13H2,1-2H3. The third-order valence-electron chi connectivity index (χ3n) is 2.29. The normalized spacial score (nSPS) is 10.6. The largest absolute Gasteiger partial charge is 0.496 e. The van der Waals surface area contributed by atoms with Gasteiger partial charge in [-0.2, -0.15) is 16.7 Å². The Bertz CT molecular complexity index is 559. The summed E-state index contributed by atoms with van der Waals surface area (Å²) in [4.78, 5) is 4.27. The summed E-state index contributed by atoms with van der Waals surface area (Å²) in [5, 5.41) is 4.30. The molecule has 7 heteroatoms. The van der Waals surface area contributed by atoms with Gasteiger partial charge in [0.25, 0.3) is 5.89 Å². The minimum atomic E-state index is 0.373. The van der Waals surface area contributed by atoms with Gasteiger partial charge in [0.1, 0.15) is 5.75 Å². The zero-order valence-electron chi connectivity index (χ0n) is 9.94. The Morgan fingerprint density at radius 3 is 2.94 bits per heavy atom. The van der Waals surface area contributed by atoms with Crippen LogP contribution in [0.2, 0.25) is 5.02 Å². The van der Waals surface area contributed by atoms with Crippen LogP contribution in [0.3, 0.4) is 0 Å². The van der Waals surface area contributed by atoms with E-state index in [-0.39, 0.29) is 0 Å². The minimum absolute atomic E-state index is 0.373. The molecule has 1 heterocycles. The molecule has 1 aromatic carbocycles. The molecular weight excluding hydrogens is 274 g/mol. The van der Waals surface area contributed by atoms with E-state index in [0.717, 1.165) is 0 Å². The van der Waals surface area contributed by atoms with Crippen LogP contribution in [0.25, 0.3) is 11.5 Å². The van der Waals surface area contributed by atoms with Crippen LogP contribution in [-0.2, 0) is 5.75 Å². The van der Waals surface area contributed by atoms with Crippen molar-refractivity contribution in [3.8, 4) is 17.2 Å². The zero-order chi connectivity index (χ0) is 13.1. The van der Waals surface area contributed by atoms with Gasteiger partial charge in [-0.1, -0.05) is 16.8 Å². The molecule has 0 aliphatic rings. The number of aromatic nitrogens is 2. The van der Waals surface area contributed by atoms with Crippen LogP contribution in [0.5, 0.6) is 5.75 Å². The van der Waals surface area contributed by atoms with Crippen molar-refractivity contribution in [2.45, 2.75) is 5.75 Å². The lowest BCUT2D eigenvalue weighted by Crippen LogP contribution is -1.93. The van der Waals surface area contributed by atoms with Crippen molar-refractivity contribution in [3.63, 3.8) is 0 Å². The van der Waals surface area contributed by atoms with Crippen LogP contribution < -0.4 is 10.5 Å². The maximum Gasteiger partial charge on any atom is 0.261 e. The highest BCUT2D eigenvalue weighted by molar-refractivity contribution is 7.97. The highest BCUT2D eigenvalue weighted by atomic mass is 35.5. The zero-order valence-corrected chi connectivity index (χ0v) is 11.5. The molecule has 1 aromatic heterocycles. The van der Waals surface area contributed by atoms with Crippen molar-refractivity contribution in [2.24, 2.45) is 0 Å². The Morgan fingerprint density at radius 2 is 2.28 bits per heavy atom. The topological polar surface area (TPSA) is 74.2 Å². The molecule has 0 atom stereocenters. The molecule has 0 amide bonds. The van der Waals surface area contributed by atoms with Gasteiger partial charge < -0.3 is 15.0 Å². The summed E-state index contributed by atoms with van der Waals surface area (Å²) in [7, 11) is 1.55. The van der Waals surface area contributed by atoms with Gasteiger partial charge in [0, 0.05) is 6.07 Å². The predicted octanol–water partition coefficient (Wildman–Crippen LogP) is 2.84. The first-order chi connectivity index (χ1) is 8.65. The fourth-order valence-corrected chi connectivity index (χ4v) is 2.00. The molecule has 96 valence electrons. The number of nitrogens with zero attached hydrogens (tertiary/aromatic N) is 2. The summed E-state index contributed by atoms with van der Waals surface area (Å²) >= 11 is 7.60. The SMILES string of the molecule is COc1cc(N)c(Cl)cc1-c1nc(CSC)no1. The average Bonchev–Trinajstić information content (AvgIpc) is 2.81. The number of hydrogen-bond donors (Lipinski definition) is 1. The first-order valence-corrected chi connectivity index (χ1v) is 6.87. The van der Waals surface area contributed by atoms with Crippen molar-refractivity contribution in [1.82, 2.24) is 10.1 Å². The lowest BCUT2D eigenvalue weighted by Gasteiger charge is -2.07. The number of thioether (sulfide) groups is 1. The maximum absolute atomic E-state index is 5.99. The number of hydrogen-bond acceptors (Lipinski definition) is 6. The van der Waals surface area contributed by atoms with Crippen LogP contribution in [0.15, 0.2) is 16.7 Å². The van der Waals surface area contributed by atoms with E-state index in [2.05, 4.69) is 10.1 Å². The third kappa shape index (κ3) is 2.54. The van der Waals surface area contributed by atoms with Crippen LogP contribution in [0.4, 0.5) is 5.69 Å². The van der Waals surface area contributed by atoms with Crippen molar-refractivity contribution in [3.05, 3.63) is 23.0 Å². The number of ether oxygens (including phenoxy) is 1. The highest BCUT2D eigenvalue weighted by Crippen LogP contribution is 2.35. The van der Waals surface area contributed by atoms with Crippen molar-refractivity contribution in [2.75, 3.05) is 19.1 Å². The minimum Gasteiger partial charge on any atom is -0.496 e. The van der Waals surface area contributed by atoms with E-state index < -0.39 is 0 Å². The molecule has 0 bridgehead atoms. The van der Waals surface area contributed by atoms with E-state index >= 15 is 0 Å². The summed E-state index contributed by atoms with van der Waals surface area (Å²) in [6, 6.07) is 3.29. The fraction of sp³-hybridized carbons (Fsp3) is 0.273. The van der Waals surface area contributed by atoms with Crippen LogP contribution >= 0.6 is 23.4 Å². The molecule has 0 unspecified atom stereocenters. The van der Waals surface area contributed by atoms with Gasteiger partial charge in [-0.05, 0) is 12.3 Å². The molecule has 18 heavy (non-hydrogen) atoms. The number of halogens is 1. The number of nitrogen functional groups attached to an aromatic ring is 1. The Kier molecular flexibility index (Phi) is 3.98. The number of anilines is 1.